The normalized spacial score (nSPS) is 10.4. The van der Waals surface area contributed by atoms with Crippen LogP contribution < -0.4 is 0 Å². The molecule has 92 valence electrons. The first-order valence-corrected chi connectivity index (χ1v) is 4.40. The van der Waals surface area contributed by atoms with Crippen molar-refractivity contribution < 1.29 is 23.2 Å². The van der Waals surface area contributed by atoms with Crippen LogP contribution in [0.25, 0.3) is 0 Å². The molecule has 0 aliphatic heterocycles. The summed E-state index contributed by atoms with van der Waals surface area (Å²) in [5.74, 6) is -1.81. The van der Waals surface area contributed by atoms with Crippen molar-refractivity contribution in [1.82, 2.24) is 4.98 Å². The Morgan fingerprint density at radius 1 is 1.59 bits per heavy atom. The highest BCUT2D eigenvalue weighted by atomic mass is 19.3. The number of pyridine rings is 1. The van der Waals surface area contributed by atoms with E-state index in [9.17, 15) is 23.7 Å². The molecule has 0 amide bonds. The first-order chi connectivity index (χ1) is 7.88. The van der Waals surface area contributed by atoms with Crippen LogP contribution in [0.1, 0.15) is 28.0 Å². The molecule has 6 nitrogen and oxygen atoms in total. The summed E-state index contributed by atoms with van der Waals surface area (Å²) in [6.45, 7) is 1.24. The fraction of sp³-hybridized carbons (Fsp3) is 0.333. The molecule has 0 radical (unpaired) electrons. The van der Waals surface area contributed by atoms with Crippen LogP contribution in [0.3, 0.4) is 0 Å². The van der Waals surface area contributed by atoms with E-state index in [-0.39, 0.29) is 5.56 Å². The quantitative estimate of drug-likeness (QED) is 0.463. The van der Waals surface area contributed by atoms with Gasteiger partial charge in [0.2, 0.25) is 0 Å². The first kappa shape index (κ1) is 12.9. The molecular weight excluding hydrogens is 238 g/mol. The smallest absolute Gasteiger partial charge is 0.383 e. The second-order valence-electron chi connectivity index (χ2n) is 3.11. The number of aryl methyl sites for hydroxylation is 1. The van der Waals surface area contributed by atoms with Crippen molar-refractivity contribution in [2.24, 2.45) is 0 Å². The molecule has 0 spiro atoms. The van der Waals surface area contributed by atoms with Gasteiger partial charge in [-0.1, -0.05) is 0 Å². The molecule has 0 aliphatic rings. The van der Waals surface area contributed by atoms with E-state index in [2.05, 4.69) is 9.72 Å². The Morgan fingerprint density at radius 2 is 2.18 bits per heavy atom. The average Bonchev–Trinajstić information content (AvgIpc) is 2.26. The summed E-state index contributed by atoms with van der Waals surface area (Å²) in [4.78, 5) is 24.1. The minimum Gasteiger partial charge on any atom is -0.463 e. The molecule has 0 N–H and O–H groups in total. The van der Waals surface area contributed by atoms with E-state index in [0.717, 1.165) is 13.2 Å². The standard InChI is InChI=1S/C9H8F2N2O4/c1-4-3-5(13(15)16)12-7(9(14)17-2)6(4)8(10)11/h3,8H,1-2H3. The van der Waals surface area contributed by atoms with E-state index in [4.69, 9.17) is 0 Å². The van der Waals surface area contributed by atoms with E-state index in [1.165, 1.54) is 6.92 Å². The number of rotatable bonds is 3. The number of methoxy groups -OCH3 is 1. The monoisotopic (exact) mass is 246 g/mol. The number of aromatic nitrogens is 1. The van der Waals surface area contributed by atoms with Gasteiger partial charge in [-0.3, -0.25) is 0 Å². The van der Waals surface area contributed by atoms with Crippen LogP contribution >= 0.6 is 0 Å². The lowest BCUT2D eigenvalue weighted by atomic mass is 10.1. The zero-order valence-corrected chi connectivity index (χ0v) is 8.94. The largest absolute Gasteiger partial charge is 0.463 e. The number of nitro groups is 1. The summed E-state index contributed by atoms with van der Waals surface area (Å²) in [5.41, 5.74) is -1.46. The molecule has 0 aromatic carbocycles. The molecule has 8 heteroatoms. The Labute approximate surface area is 94.4 Å². The SMILES string of the molecule is COC(=O)c1nc([N+](=O)[O-])cc(C)c1C(F)F. The van der Waals surface area contributed by atoms with Crippen molar-refractivity contribution in [2.45, 2.75) is 13.3 Å². The van der Waals surface area contributed by atoms with Crippen molar-refractivity contribution in [3.63, 3.8) is 0 Å². The summed E-state index contributed by atoms with van der Waals surface area (Å²) in [6.07, 6.45) is -2.96. The highest BCUT2D eigenvalue weighted by Crippen LogP contribution is 2.28. The van der Waals surface area contributed by atoms with Gasteiger partial charge in [0.25, 0.3) is 12.1 Å². The Bertz CT molecular complexity index is 476. The second-order valence-corrected chi connectivity index (χ2v) is 3.11. The summed E-state index contributed by atoms with van der Waals surface area (Å²) in [6, 6.07) is 0.883. The number of hydrogen-bond acceptors (Lipinski definition) is 5. The Balaban J connectivity index is 3.50. The number of hydrogen-bond donors (Lipinski definition) is 0. The molecule has 0 fully saturated rings. The van der Waals surface area contributed by atoms with Gasteiger partial charge in [-0.2, -0.15) is 0 Å². The van der Waals surface area contributed by atoms with Crippen LogP contribution in [-0.2, 0) is 4.74 Å². The van der Waals surface area contributed by atoms with Gasteiger partial charge in [0.05, 0.1) is 12.7 Å². The van der Waals surface area contributed by atoms with Crippen molar-refractivity contribution in [3.8, 4) is 0 Å². The molecule has 1 aromatic rings. The number of nitrogens with zero attached hydrogens (tertiary/aromatic N) is 2. The summed E-state index contributed by atoms with van der Waals surface area (Å²) in [7, 11) is 0.980. The topological polar surface area (TPSA) is 82.3 Å². The third kappa shape index (κ3) is 2.52. The number of carbonyl (C=O) groups is 1. The fourth-order valence-electron chi connectivity index (χ4n) is 1.29. The van der Waals surface area contributed by atoms with E-state index in [1.54, 1.807) is 0 Å². The molecule has 0 unspecified atom stereocenters. The van der Waals surface area contributed by atoms with Crippen LogP contribution in [-0.4, -0.2) is 23.0 Å². The third-order valence-corrected chi connectivity index (χ3v) is 2.04. The fourth-order valence-corrected chi connectivity index (χ4v) is 1.29. The van der Waals surface area contributed by atoms with Gasteiger partial charge in [-0.25, -0.2) is 13.6 Å². The van der Waals surface area contributed by atoms with Crippen LogP contribution in [0, 0.1) is 17.0 Å². The maximum absolute atomic E-state index is 12.7. The predicted octanol–water partition coefficient (Wildman–Crippen LogP) is 2.02. The maximum Gasteiger partial charge on any atom is 0.383 e. The van der Waals surface area contributed by atoms with E-state index in [0.29, 0.717) is 0 Å². The molecule has 0 atom stereocenters. The van der Waals surface area contributed by atoms with Crippen molar-refractivity contribution in [2.75, 3.05) is 7.11 Å². The minimum absolute atomic E-state index is 0.0814. The zero-order chi connectivity index (χ0) is 13.2. The van der Waals surface area contributed by atoms with Crippen LogP contribution in [0.2, 0.25) is 0 Å². The first-order valence-electron chi connectivity index (χ1n) is 4.40. The lowest BCUT2D eigenvalue weighted by Crippen LogP contribution is -2.12. The number of esters is 1. The van der Waals surface area contributed by atoms with Crippen LogP contribution in [0.4, 0.5) is 14.6 Å². The van der Waals surface area contributed by atoms with E-state index >= 15 is 0 Å². The number of halogens is 2. The summed E-state index contributed by atoms with van der Waals surface area (Å²) in [5, 5.41) is 10.5. The number of carbonyl (C=O) groups excluding carboxylic acids is 1. The lowest BCUT2D eigenvalue weighted by Gasteiger charge is -2.06. The number of ether oxygens (including phenoxy) is 1. The van der Waals surface area contributed by atoms with Gasteiger partial charge >= 0.3 is 11.8 Å². The lowest BCUT2D eigenvalue weighted by molar-refractivity contribution is -0.389. The van der Waals surface area contributed by atoms with Crippen molar-refractivity contribution >= 4 is 11.8 Å². The molecule has 17 heavy (non-hydrogen) atoms. The summed E-state index contributed by atoms with van der Waals surface area (Å²) >= 11 is 0. The Morgan fingerprint density at radius 3 is 2.59 bits per heavy atom. The second kappa shape index (κ2) is 4.81. The molecule has 1 heterocycles. The van der Waals surface area contributed by atoms with Crippen LogP contribution in [0.15, 0.2) is 6.07 Å². The van der Waals surface area contributed by atoms with Gasteiger partial charge < -0.3 is 14.9 Å². The molecule has 0 bridgehead atoms. The molecular formula is C9H8F2N2O4. The minimum atomic E-state index is -2.96. The third-order valence-electron chi connectivity index (χ3n) is 2.04. The predicted molar refractivity (Wildman–Crippen MR) is 51.9 cm³/mol. The van der Waals surface area contributed by atoms with Gasteiger partial charge in [-0.15, -0.1) is 0 Å². The van der Waals surface area contributed by atoms with Crippen LogP contribution in [0.5, 0.6) is 0 Å². The summed E-state index contributed by atoms with van der Waals surface area (Å²) < 4.78 is 29.7. The van der Waals surface area contributed by atoms with E-state index in [1.807, 2.05) is 0 Å². The molecule has 1 rings (SSSR count). The molecule has 0 saturated heterocycles. The van der Waals surface area contributed by atoms with Gasteiger partial charge in [0, 0.05) is 6.07 Å². The van der Waals surface area contributed by atoms with Crippen molar-refractivity contribution in [3.05, 3.63) is 33.0 Å². The highest BCUT2D eigenvalue weighted by Gasteiger charge is 2.30. The zero-order valence-electron chi connectivity index (χ0n) is 8.94. The Kier molecular flexibility index (Phi) is 3.66. The van der Waals surface area contributed by atoms with Crippen molar-refractivity contribution in [1.29, 1.82) is 0 Å². The van der Waals surface area contributed by atoms with E-state index < -0.39 is 34.4 Å². The molecule has 0 saturated carbocycles. The van der Waals surface area contributed by atoms with Gasteiger partial charge in [-0.05, 0) is 22.4 Å². The highest BCUT2D eigenvalue weighted by molar-refractivity contribution is 5.89. The van der Waals surface area contributed by atoms with Gasteiger partial charge in [0.15, 0.2) is 0 Å². The molecule has 1 aromatic heterocycles. The molecule has 0 aliphatic carbocycles. The average molecular weight is 246 g/mol. The number of alkyl halides is 2. The van der Waals surface area contributed by atoms with Gasteiger partial charge in [0.1, 0.15) is 0 Å². The maximum atomic E-state index is 12.7. The Hall–Kier alpha value is -2.12.